The van der Waals surface area contributed by atoms with Gasteiger partial charge in [-0.25, -0.2) is 9.13 Å². The van der Waals surface area contributed by atoms with Gasteiger partial charge in [-0.05, 0) is 37.1 Å². The lowest BCUT2D eigenvalue weighted by Gasteiger charge is -2.00. The van der Waals surface area contributed by atoms with Gasteiger partial charge in [-0.3, -0.25) is 5.09 Å². The summed E-state index contributed by atoms with van der Waals surface area (Å²) in [4.78, 5) is 0. The first-order chi connectivity index (χ1) is 5.58. The molecule has 0 aliphatic carbocycles. The summed E-state index contributed by atoms with van der Waals surface area (Å²) in [7, 11) is -2.55. The van der Waals surface area contributed by atoms with E-state index in [1.807, 2.05) is 19.9 Å². The number of hydrogen-bond acceptors (Lipinski definition) is 2. The molecule has 1 N–H and O–H groups in total. The molecule has 12 heavy (non-hydrogen) atoms. The first-order valence-electron chi connectivity index (χ1n) is 3.57. The fourth-order valence-electron chi connectivity index (χ4n) is 1.14. The van der Waals surface area contributed by atoms with E-state index in [2.05, 4.69) is 5.09 Å². The van der Waals surface area contributed by atoms with Crippen LogP contribution in [0.2, 0.25) is 0 Å². The first kappa shape index (κ1) is 9.01. The molecule has 0 amide bonds. The Labute approximate surface area is 71.7 Å². The van der Waals surface area contributed by atoms with E-state index in [-0.39, 0.29) is 0 Å². The fraction of sp³-hybridized carbons (Fsp3) is 0.250. The SMILES string of the molecule is Cc1cc(C)cc(NP(=O)=O)c1. The van der Waals surface area contributed by atoms with E-state index in [0.29, 0.717) is 5.69 Å². The Morgan fingerprint density at radius 2 is 1.58 bits per heavy atom. The maximum atomic E-state index is 10.3. The smallest absolute Gasteiger partial charge is 0.280 e. The van der Waals surface area contributed by atoms with E-state index in [4.69, 9.17) is 0 Å². The van der Waals surface area contributed by atoms with Gasteiger partial charge in [0.05, 0.1) is 0 Å². The number of hydrogen-bond donors (Lipinski definition) is 1. The van der Waals surface area contributed by atoms with Crippen molar-refractivity contribution < 1.29 is 9.13 Å². The molecule has 0 aliphatic heterocycles. The van der Waals surface area contributed by atoms with Crippen molar-refractivity contribution in [1.82, 2.24) is 0 Å². The number of aryl methyl sites for hydroxylation is 2. The molecule has 0 aromatic heterocycles. The predicted molar refractivity (Wildman–Crippen MR) is 47.8 cm³/mol. The van der Waals surface area contributed by atoms with Crippen molar-refractivity contribution in [1.29, 1.82) is 0 Å². The van der Waals surface area contributed by atoms with Gasteiger partial charge in [0, 0.05) is 5.69 Å². The predicted octanol–water partition coefficient (Wildman–Crippen LogP) is 2.80. The first-order valence-corrected chi connectivity index (χ1v) is 4.75. The van der Waals surface area contributed by atoms with Gasteiger partial charge in [0.15, 0.2) is 0 Å². The minimum absolute atomic E-state index is 0.628. The molecule has 0 radical (unpaired) electrons. The highest BCUT2D eigenvalue weighted by atomic mass is 31.1. The van der Waals surface area contributed by atoms with Gasteiger partial charge in [0.1, 0.15) is 0 Å². The van der Waals surface area contributed by atoms with Crippen LogP contribution in [0.15, 0.2) is 18.2 Å². The molecule has 64 valence electrons. The molecule has 0 saturated heterocycles. The van der Waals surface area contributed by atoms with Crippen molar-refractivity contribution in [3.05, 3.63) is 29.3 Å². The maximum Gasteiger partial charge on any atom is 0.424 e. The molecule has 0 unspecified atom stereocenters. The van der Waals surface area contributed by atoms with Gasteiger partial charge in [0.2, 0.25) is 0 Å². The van der Waals surface area contributed by atoms with E-state index < -0.39 is 7.83 Å². The Bertz CT molecular complexity index is 330. The minimum atomic E-state index is -2.55. The van der Waals surface area contributed by atoms with Gasteiger partial charge in [-0.1, -0.05) is 6.07 Å². The summed E-state index contributed by atoms with van der Waals surface area (Å²) in [6.07, 6.45) is 0. The van der Waals surface area contributed by atoms with Crippen LogP contribution in [0.5, 0.6) is 0 Å². The number of nitrogens with one attached hydrogen (secondary N) is 1. The van der Waals surface area contributed by atoms with Crippen LogP contribution in [-0.2, 0) is 9.13 Å². The second-order valence-electron chi connectivity index (χ2n) is 2.75. The second kappa shape index (κ2) is 3.55. The van der Waals surface area contributed by atoms with E-state index in [1.54, 1.807) is 12.1 Å². The van der Waals surface area contributed by atoms with Crippen LogP contribution in [0.25, 0.3) is 0 Å². The number of anilines is 1. The van der Waals surface area contributed by atoms with Crippen molar-refractivity contribution in [2.45, 2.75) is 13.8 Å². The van der Waals surface area contributed by atoms with Crippen molar-refractivity contribution in [3.63, 3.8) is 0 Å². The summed E-state index contributed by atoms with van der Waals surface area (Å²) in [5, 5.41) is 2.34. The van der Waals surface area contributed by atoms with Crippen LogP contribution < -0.4 is 5.09 Å². The quantitative estimate of drug-likeness (QED) is 0.717. The zero-order valence-corrected chi connectivity index (χ0v) is 7.89. The molecule has 1 aromatic carbocycles. The van der Waals surface area contributed by atoms with E-state index in [9.17, 15) is 9.13 Å². The molecule has 0 bridgehead atoms. The van der Waals surface area contributed by atoms with Crippen LogP contribution >= 0.6 is 7.83 Å². The molecule has 1 aromatic rings. The van der Waals surface area contributed by atoms with Crippen LogP contribution in [0.1, 0.15) is 11.1 Å². The summed E-state index contributed by atoms with van der Waals surface area (Å²) >= 11 is 0. The molecular formula is C8H10NO2P. The van der Waals surface area contributed by atoms with Crippen LogP contribution in [0.4, 0.5) is 5.69 Å². The Kier molecular flexibility index (Phi) is 2.66. The van der Waals surface area contributed by atoms with Crippen molar-refractivity contribution in [2.75, 3.05) is 5.09 Å². The lowest BCUT2D eigenvalue weighted by atomic mass is 10.1. The molecule has 0 saturated carbocycles. The van der Waals surface area contributed by atoms with Gasteiger partial charge in [0.25, 0.3) is 0 Å². The Morgan fingerprint density at radius 3 is 2.00 bits per heavy atom. The highest BCUT2D eigenvalue weighted by Crippen LogP contribution is 2.18. The van der Waals surface area contributed by atoms with Crippen LogP contribution in [0.3, 0.4) is 0 Å². The van der Waals surface area contributed by atoms with Crippen LogP contribution in [-0.4, -0.2) is 0 Å². The Balaban J connectivity index is 3.00. The van der Waals surface area contributed by atoms with E-state index in [0.717, 1.165) is 11.1 Å². The van der Waals surface area contributed by atoms with Crippen molar-refractivity contribution in [3.8, 4) is 0 Å². The van der Waals surface area contributed by atoms with Crippen LogP contribution in [0, 0.1) is 13.8 Å². The maximum absolute atomic E-state index is 10.3. The van der Waals surface area contributed by atoms with Gasteiger partial charge in [-0.15, -0.1) is 0 Å². The van der Waals surface area contributed by atoms with Gasteiger partial charge < -0.3 is 0 Å². The summed E-state index contributed by atoms with van der Waals surface area (Å²) in [5.41, 5.74) is 2.73. The minimum Gasteiger partial charge on any atom is -0.280 e. The summed E-state index contributed by atoms with van der Waals surface area (Å²) < 4.78 is 20.6. The highest BCUT2D eigenvalue weighted by Gasteiger charge is 1.96. The molecule has 3 nitrogen and oxygen atoms in total. The summed E-state index contributed by atoms with van der Waals surface area (Å²) in [6, 6.07) is 5.57. The molecular weight excluding hydrogens is 173 g/mol. The van der Waals surface area contributed by atoms with E-state index >= 15 is 0 Å². The fourth-order valence-corrected chi connectivity index (χ4v) is 1.48. The molecule has 0 atom stereocenters. The molecule has 0 heterocycles. The summed E-state index contributed by atoms with van der Waals surface area (Å²) in [5.74, 6) is 0. The lowest BCUT2D eigenvalue weighted by molar-refractivity contribution is 0.519. The zero-order valence-electron chi connectivity index (χ0n) is 7.00. The second-order valence-corrected chi connectivity index (χ2v) is 3.48. The highest BCUT2D eigenvalue weighted by molar-refractivity contribution is 7.32. The normalized spacial score (nSPS) is 9.50. The molecule has 0 spiro atoms. The average Bonchev–Trinajstić information content (AvgIpc) is 1.81. The third kappa shape index (κ3) is 2.51. The summed E-state index contributed by atoms with van der Waals surface area (Å²) in [6.45, 7) is 3.85. The van der Waals surface area contributed by atoms with Gasteiger partial charge in [-0.2, -0.15) is 0 Å². The molecule has 0 aliphatic rings. The van der Waals surface area contributed by atoms with Crippen molar-refractivity contribution >= 4 is 13.5 Å². The molecule has 1 rings (SSSR count). The topological polar surface area (TPSA) is 46.2 Å². The third-order valence-electron chi connectivity index (χ3n) is 1.44. The Morgan fingerprint density at radius 1 is 1.08 bits per heavy atom. The number of benzene rings is 1. The van der Waals surface area contributed by atoms with Gasteiger partial charge >= 0.3 is 7.83 Å². The molecule has 0 fully saturated rings. The molecule has 4 heteroatoms. The largest absolute Gasteiger partial charge is 0.424 e. The van der Waals surface area contributed by atoms with E-state index in [1.165, 1.54) is 0 Å². The number of rotatable bonds is 2. The van der Waals surface area contributed by atoms with Crippen molar-refractivity contribution in [2.24, 2.45) is 0 Å². The zero-order chi connectivity index (χ0) is 9.14. The lowest BCUT2D eigenvalue weighted by Crippen LogP contribution is -1.84. The third-order valence-corrected chi connectivity index (χ3v) is 1.88. The standard InChI is InChI=1S/C8H10NO2P/c1-6-3-7(2)5-8(4-6)9-12(10)11/h3-5H,1-2H3,(H,9,10,11). The monoisotopic (exact) mass is 183 g/mol. The Hall–Kier alpha value is -1.08. The average molecular weight is 183 g/mol.